The predicted octanol–water partition coefficient (Wildman–Crippen LogP) is 4.02. The molecule has 2 heterocycles. The standard InChI is InChI=1S/C24H25N5O3/c30-21-15-14-18-19(29(21)24(31)17-10-5-2-6-11-17)12-7-13-20(18)32-22(23-25-27-28-26-23)16-8-3-1-4-9-16/h2,5-7,10-13,16,22H,1,3-4,8-9,14-15H2,(H,25,26,27,28). The number of amides is 2. The molecule has 1 aliphatic carbocycles. The SMILES string of the molecule is O=C1CCc2c(OC(c3nn[nH]n3)C3CCCCC3)cccc2N1C(=O)c1ccccc1. The number of carbonyl (C=O) groups is 2. The van der Waals surface area contributed by atoms with Crippen LogP contribution in [0.4, 0.5) is 5.69 Å². The van der Waals surface area contributed by atoms with Gasteiger partial charge < -0.3 is 4.74 Å². The molecule has 1 fully saturated rings. The topological polar surface area (TPSA) is 101 Å². The number of nitrogens with zero attached hydrogens (tertiary/aromatic N) is 4. The van der Waals surface area contributed by atoms with Gasteiger partial charge in [0.15, 0.2) is 6.10 Å². The first-order valence-electron chi connectivity index (χ1n) is 11.2. The molecule has 1 aliphatic heterocycles. The molecular formula is C24H25N5O3. The fraction of sp³-hybridized carbons (Fsp3) is 0.375. The normalized spacial score (nSPS) is 17.6. The second-order valence-electron chi connectivity index (χ2n) is 8.36. The second-order valence-corrected chi connectivity index (χ2v) is 8.36. The van der Waals surface area contributed by atoms with Gasteiger partial charge in [-0.3, -0.25) is 9.59 Å². The van der Waals surface area contributed by atoms with E-state index in [1.807, 2.05) is 24.3 Å². The minimum Gasteiger partial charge on any atom is -0.482 e. The van der Waals surface area contributed by atoms with Gasteiger partial charge in [-0.1, -0.05) is 48.7 Å². The van der Waals surface area contributed by atoms with Crippen LogP contribution >= 0.6 is 0 Å². The molecule has 1 unspecified atom stereocenters. The average Bonchev–Trinajstić information content (AvgIpc) is 3.38. The Labute approximate surface area is 186 Å². The molecule has 1 N–H and O–H groups in total. The van der Waals surface area contributed by atoms with E-state index in [1.54, 1.807) is 24.3 Å². The first-order chi connectivity index (χ1) is 15.7. The van der Waals surface area contributed by atoms with Crippen molar-refractivity contribution in [2.24, 2.45) is 5.92 Å². The van der Waals surface area contributed by atoms with E-state index in [0.29, 0.717) is 35.2 Å². The van der Waals surface area contributed by atoms with Crippen LogP contribution in [0.25, 0.3) is 0 Å². The number of aromatic amines is 1. The van der Waals surface area contributed by atoms with Gasteiger partial charge >= 0.3 is 0 Å². The lowest BCUT2D eigenvalue weighted by Crippen LogP contribution is -2.40. The zero-order valence-corrected chi connectivity index (χ0v) is 17.7. The Hall–Kier alpha value is -3.55. The van der Waals surface area contributed by atoms with Crippen molar-refractivity contribution >= 4 is 17.5 Å². The minimum atomic E-state index is -0.323. The smallest absolute Gasteiger partial charge is 0.265 e. The van der Waals surface area contributed by atoms with Gasteiger partial charge in [0.05, 0.1) is 5.69 Å². The van der Waals surface area contributed by atoms with Crippen molar-refractivity contribution in [3.63, 3.8) is 0 Å². The molecule has 0 bridgehead atoms. The Bertz CT molecular complexity index is 1090. The van der Waals surface area contributed by atoms with Crippen molar-refractivity contribution < 1.29 is 14.3 Å². The minimum absolute atomic E-state index is 0.203. The lowest BCUT2D eigenvalue weighted by Gasteiger charge is -2.32. The highest BCUT2D eigenvalue weighted by molar-refractivity contribution is 6.22. The Morgan fingerprint density at radius 1 is 1.03 bits per heavy atom. The molecule has 2 amide bonds. The number of aromatic nitrogens is 4. The highest BCUT2D eigenvalue weighted by atomic mass is 16.5. The third kappa shape index (κ3) is 3.88. The van der Waals surface area contributed by atoms with Gasteiger partial charge in [0.25, 0.3) is 5.91 Å². The van der Waals surface area contributed by atoms with Crippen LogP contribution in [0.15, 0.2) is 48.5 Å². The van der Waals surface area contributed by atoms with Gasteiger partial charge in [-0.15, -0.1) is 10.2 Å². The summed E-state index contributed by atoms with van der Waals surface area (Å²) in [5.74, 6) is 0.977. The summed E-state index contributed by atoms with van der Waals surface area (Å²) in [5.41, 5.74) is 1.93. The maximum absolute atomic E-state index is 13.2. The van der Waals surface area contributed by atoms with Crippen LogP contribution in [0.5, 0.6) is 5.75 Å². The summed E-state index contributed by atoms with van der Waals surface area (Å²) in [6.45, 7) is 0. The second kappa shape index (κ2) is 8.90. The van der Waals surface area contributed by atoms with E-state index in [1.165, 1.54) is 11.3 Å². The lowest BCUT2D eigenvalue weighted by molar-refractivity contribution is -0.118. The molecule has 32 heavy (non-hydrogen) atoms. The number of benzene rings is 2. The van der Waals surface area contributed by atoms with Gasteiger partial charge in [0.2, 0.25) is 11.7 Å². The number of hydrogen-bond acceptors (Lipinski definition) is 6. The number of rotatable bonds is 5. The van der Waals surface area contributed by atoms with Gasteiger partial charge in [-0.25, -0.2) is 4.90 Å². The van der Waals surface area contributed by atoms with Crippen molar-refractivity contribution in [2.45, 2.75) is 51.0 Å². The largest absolute Gasteiger partial charge is 0.482 e. The van der Waals surface area contributed by atoms with Crippen molar-refractivity contribution in [3.05, 3.63) is 65.5 Å². The van der Waals surface area contributed by atoms with Crippen molar-refractivity contribution in [1.29, 1.82) is 0 Å². The quantitative estimate of drug-likeness (QED) is 0.613. The maximum atomic E-state index is 13.2. The zero-order valence-electron chi connectivity index (χ0n) is 17.7. The van der Waals surface area contributed by atoms with Crippen LogP contribution < -0.4 is 9.64 Å². The van der Waals surface area contributed by atoms with Crippen LogP contribution in [0, 0.1) is 5.92 Å². The van der Waals surface area contributed by atoms with E-state index in [9.17, 15) is 9.59 Å². The van der Waals surface area contributed by atoms with Crippen LogP contribution in [-0.2, 0) is 11.2 Å². The summed E-state index contributed by atoms with van der Waals surface area (Å²) in [4.78, 5) is 27.2. The van der Waals surface area contributed by atoms with Gasteiger partial charge in [-0.05, 0) is 43.5 Å². The number of carbonyl (C=O) groups excluding carboxylic acids is 2. The van der Waals surface area contributed by atoms with E-state index in [4.69, 9.17) is 4.74 Å². The highest BCUT2D eigenvalue weighted by Gasteiger charge is 2.34. The number of hydrogen-bond donors (Lipinski definition) is 1. The summed E-state index contributed by atoms with van der Waals surface area (Å²) >= 11 is 0. The van der Waals surface area contributed by atoms with E-state index in [0.717, 1.165) is 31.2 Å². The van der Waals surface area contributed by atoms with Gasteiger partial charge in [0, 0.05) is 23.5 Å². The number of tetrazole rings is 1. The molecule has 8 heteroatoms. The predicted molar refractivity (Wildman–Crippen MR) is 117 cm³/mol. The molecule has 1 atom stereocenters. The lowest BCUT2D eigenvalue weighted by atomic mass is 9.85. The summed E-state index contributed by atoms with van der Waals surface area (Å²) in [5, 5.41) is 14.7. The number of nitrogens with one attached hydrogen (secondary N) is 1. The van der Waals surface area contributed by atoms with E-state index >= 15 is 0 Å². The Morgan fingerprint density at radius 2 is 1.84 bits per heavy atom. The van der Waals surface area contributed by atoms with Crippen LogP contribution in [0.3, 0.4) is 0 Å². The average molecular weight is 431 g/mol. The summed E-state index contributed by atoms with van der Waals surface area (Å²) < 4.78 is 6.53. The fourth-order valence-corrected chi connectivity index (χ4v) is 4.76. The Morgan fingerprint density at radius 3 is 2.59 bits per heavy atom. The Kier molecular flexibility index (Phi) is 5.66. The van der Waals surface area contributed by atoms with Crippen molar-refractivity contribution in [3.8, 4) is 5.75 Å². The van der Waals surface area contributed by atoms with Crippen LogP contribution in [0.1, 0.15) is 66.4 Å². The number of H-pyrrole nitrogens is 1. The third-order valence-corrected chi connectivity index (χ3v) is 6.36. The van der Waals surface area contributed by atoms with Crippen LogP contribution in [-0.4, -0.2) is 32.4 Å². The van der Waals surface area contributed by atoms with E-state index < -0.39 is 0 Å². The van der Waals surface area contributed by atoms with Crippen molar-refractivity contribution in [2.75, 3.05) is 4.90 Å². The zero-order chi connectivity index (χ0) is 21.9. The van der Waals surface area contributed by atoms with Crippen LogP contribution in [0.2, 0.25) is 0 Å². The molecule has 8 nitrogen and oxygen atoms in total. The van der Waals surface area contributed by atoms with E-state index in [-0.39, 0.29) is 24.3 Å². The fourth-order valence-electron chi connectivity index (χ4n) is 4.76. The molecule has 164 valence electrons. The monoisotopic (exact) mass is 431 g/mol. The summed E-state index contributed by atoms with van der Waals surface area (Å²) in [6.07, 6.45) is 6.09. The molecule has 1 aromatic heterocycles. The number of ether oxygens (including phenoxy) is 1. The van der Waals surface area contributed by atoms with Gasteiger partial charge in [-0.2, -0.15) is 5.21 Å². The van der Waals surface area contributed by atoms with E-state index in [2.05, 4.69) is 20.6 Å². The molecule has 2 aliphatic rings. The van der Waals surface area contributed by atoms with Crippen molar-refractivity contribution in [1.82, 2.24) is 20.6 Å². The Balaban J connectivity index is 1.49. The number of fused-ring (bicyclic) bond motifs is 1. The summed E-state index contributed by atoms with van der Waals surface area (Å²) in [7, 11) is 0. The molecule has 0 saturated heterocycles. The molecule has 0 spiro atoms. The molecular weight excluding hydrogens is 406 g/mol. The molecule has 1 saturated carbocycles. The molecule has 3 aromatic rings. The third-order valence-electron chi connectivity index (χ3n) is 6.36. The first kappa shape index (κ1) is 20.4. The first-order valence-corrected chi connectivity index (χ1v) is 11.2. The molecule has 0 radical (unpaired) electrons. The molecule has 5 rings (SSSR count). The maximum Gasteiger partial charge on any atom is 0.265 e. The van der Waals surface area contributed by atoms with Gasteiger partial charge in [0.1, 0.15) is 5.75 Å². The summed E-state index contributed by atoms with van der Waals surface area (Å²) in [6, 6.07) is 14.4. The number of anilines is 1. The molecule has 2 aromatic carbocycles. The highest BCUT2D eigenvalue weighted by Crippen LogP contribution is 2.41. The number of imide groups is 1.